The first kappa shape index (κ1) is 19.2. The first-order valence-electron chi connectivity index (χ1n) is 8.49. The number of rotatable bonds is 8. The largest absolute Gasteiger partial charge is 0.492 e. The molecule has 2 aromatic carbocycles. The second-order valence-corrected chi connectivity index (χ2v) is 6.58. The molecular formula is C20H20ClNO5. The van der Waals surface area contributed by atoms with Gasteiger partial charge in [-0.05, 0) is 42.8 Å². The van der Waals surface area contributed by atoms with Crippen molar-refractivity contribution in [1.29, 1.82) is 0 Å². The second kappa shape index (κ2) is 8.43. The molecule has 0 spiro atoms. The van der Waals surface area contributed by atoms with Gasteiger partial charge in [-0.3, -0.25) is 0 Å². The van der Waals surface area contributed by atoms with Crippen LogP contribution in [0.25, 0.3) is 11.0 Å². The summed E-state index contributed by atoms with van der Waals surface area (Å²) >= 11 is 5.92. The molecule has 0 fully saturated rings. The van der Waals surface area contributed by atoms with Crippen molar-refractivity contribution in [1.82, 2.24) is 5.32 Å². The Kier molecular flexibility index (Phi) is 6.01. The van der Waals surface area contributed by atoms with E-state index in [1.165, 1.54) is 0 Å². The van der Waals surface area contributed by atoms with Gasteiger partial charge in [0, 0.05) is 29.1 Å². The molecule has 7 heteroatoms. The van der Waals surface area contributed by atoms with Crippen LogP contribution in [0.4, 0.5) is 0 Å². The summed E-state index contributed by atoms with van der Waals surface area (Å²) in [4.78, 5) is 11.1. The van der Waals surface area contributed by atoms with Crippen molar-refractivity contribution in [2.45, 2.75) is 13.0 Å². The zero-order chi connectivity index (χ0) is 19.4. The van der Waals surface area contributed by atoms with E-state index < -0.39 is 12.1 Å². The predicted octanol–water partition coefficient (Wildman–Crippen LogP) is 3.79. The number of aryl methyl sites for hydroxylation is 1. The highest BCUT2D eigenvalue weighted by Crippen LogP contribution is 2.28. The van der Waals surface area contributed by atoms with Gasteiger partial charge in [-0.2, -0.15) is 0 Å². The van der Waals surface area contributed by atoms with Gasteiger partial charge in [0.05, 0.1) is 6.10 Å². The zero-order valence-electron chi connectivity index (χ0n) is 14.7. The molecule has 3 N–H and O–H groups in total. The lowest BCUT2D eigenvalue weighted by Crippen LogP contribution is -2.26. The molecule has 1 aromatic heterocycles. The molecule has 0 aliphatic heterocycles. The van der Waals surface area contributed by atoms with E-state index in [1.807, 2.05) is 6.07 Å². The fourth-order valence-electron chi connectivity index (χ4n) is 2.81. The highest BCUT2D eigenvalue weighted by Gasteiger charge is 2.16. The zero-order valence-corrected chi connectivity index (χ0v) is 15.5. The number of carboxylic acid groups (broad SMARTS) is 1. The van der Waals surface area contributed by atoms with Gasteiger partial charge in [0.25, 0.3) is 0 Å². The number of aliphatic hydroxyl groups is 1. The maximum atomic E-state index is 11.1. The van der Waals surface area contributed by atoms with Crippen LogP contribution in [0.15, 0.2) is 46.9 Å². The van der Waals surface area contributed by atoms with Gasteiger partial charge in [0.15, 0.2) is 0 Å². The van der Waals surface area contributed by atoms with Crippen molar-refractivity contribution < 1.29 is 24.2 Å². The van der Waals surface area contributed by atoms with E-state index in [0.29, 0.717) is 47.0 Å². The minimum Gasteiger partial charge on any atom is -0.492 e. The minimum absolute atomic E-state index is 0.0566. The average Bonchev–Trinajstić information content (AvgIpc) is 2.98. The van der Waals surface area contributed by atoms with Gasteiger partial charge in [-0.15, -0.1) is 0 Å². The Morgan fingerprint density at radius 3 is 2.85 bits per heavy atom. The van der Waals surface area contributed by atoms with Crippen LogP contribution in [0.3, 0.4) is 0 Å². The quantitative estimate of drug-likeness (QED) is 0.507. The van der Waals surface area contributed by atoms with Crippen LogP contribution in [-0.4, -0.2) is 35.9 Å². The summed E-state index contributed by atoms with van der Waals surface area (Å²) in [6, 6.07) is 12.3. The second-order valence-electron chi connectivity index (χ2n) is 6.14. The molecule has 0 unspecified atom stereocenters. The summed E-state index contributed by atoms with van der Waals surface area (Å²) in [5.74, 6) is -0.520. The van der Waals surface area contributed by atoms with E-state index >= 15 is 0 Å². The van der Waals surface area contributed by atoms with Gasteiger partial charge in [-0.25, -0.2) is 4.79 Å². The van der Waals surface area contributed by atoms with Crippen molar-refractivity contribution >= 4 is 28.5 Å². The summed E-state index contributed by atoms with van der Waals surface area (Å²) in [5, 5.41) is 23.7. The molecule has 0 radical (unpaired) electrons. The molecule has 0 aliphatic rings. The molecule has 1 heterocycles. The van der Waals surface area contributed by atoms with E-state index in [0.717, 1.165) is 5.56 Å². The van der Waals surface area contributed by atoms with Crippen LogP contribution in [0.1, 0.15) is 27.8 Å². The molecule has 1 atom stereocenters. The van der Waals surface area contributed by atoms with E-state index in [2.05, 4.69) is 5.32 Å². The van der Waals surface area contributed by atoms with Gasteiger partial charge in [0.1, 0.15) is 17.9 Å². The number of ether oxygens (including phenoxy) is 1. The number of carboxylic acids is 1. The molecule has 0 bridgehead atoms. The maximum Gasteiger partial charge on any atom is 0.372 e. The van der Waals surface area contributed by atoms with Crippen molar-refractivity contribution in [2.75, 3.05) is 19.7 Å². The molecule has 0 saturated heterocycles. The van der Waals surface area contributed by atoms with Crippen LogP contribution in [-0.2, 0) is 0 Å². The highest BCUT2D eigenvalue weighted by molar-refractivity contribution is 6.30. The fraction of sp³-hybridized carbons (Fsp3) is 0.250. The number of hydrogen-bond donors (Lipinski definition) is 3. The molecule has 0 aliphatic carbocycles. The monoisotopic (exact) mass is 389 g/mol. The summed E-state index contributed by atoms with van der Waals surface area (Å²) < 4.78 is 11.0. The van der Waals surface area contributed by atoms with Crippen molar-refractivity contribution in [3.63, 3.8) is 0 Å². The number of aliphatic hydroxyl groups excluding tert-OH is 1. The smallest absolute Gasteiger partial charge is 0.372 e. The molecule has 3 aromatic rings. The van der Waals surface area contributed by atoms with E-state index in [1.54, 1.807) is 43.3 Å². The number of furan rings is 1. The Morgan fingerprint density at radius 2 is 2.11 bits per heavy atom. The number of nitrogens with one attached hydrogen (secondary N) is 1. The molecule has 142 valence electrons. The first-order chi connectivity index (χ1) is 13.0. The molecule has 0 saturated carbocycles. The van der Waals surface area contributed by atoms with Crippen LogP contribution in [0, 0.1) is 6.92 Å². The number of aromatic carboxylic acids is 1. The standard InChI is InChI=1S/C20H20ClNO5/c1-12-16-10-15(5-6-18(16)27-19(12)20(24)25)26-8-7-22-11-17(23)13-3-2-4-14(21)9-13/h2-6,9-10,17,22-23H,7-8,11H2,1H3,(H,24,25)/t17-/m0/s1. The average molecular weight is 390 g/mol. The first-order valence-corrected chi connectivity index (χ1v) is 8.87. The fourth-order valence-corrected chi connectivity index (χ4v) is 3.00. The lowest BCUT2D eigenvalue weighted by atomic mass is 10.1. The maximum absolute atomic E-state index is 11.1. The van der Waals surface area contributed by atoms with E-state index in [-0.39, 0.29) is 5.76 Å². The minimum atomic E-state index is -1.09. The molecule has 3 rings (SSSR count). The lowest BCUT2D eigenvalue weighted by molar-refractivity contribution is 0.0664. The summed E-state index contributed by atoms with van der Waals surface area (Å²) in [5.41, 5.74) is 1.84. The van der Waals surface area contributed by atoms with Crippen molar-refractivity contribution in [3.8, 4) is 5.75 Å². The Morgan fingerprint density at radius 1 is 1.30 bits per heavy atom. The van der Waals surface area contributed by atoms with Crippen LogP contribution in [0.2, 0.25) is 5.02 Å². The third kappa shape index (κ3) is 4.60. The summed E-state index contributed by atoms with van der Waals surface area (Å²) in [6.45, 7) is 3.03. The number of benzene rings is 2. The highest BCUT2D eigenvalue weighted by atomic mass is 35.5. The molecule has 27 heavy (non-hydrogen) atoms. The molecule has 6 nitrogen and oxygen atoms in total. The van der Waals surface area contributed by atoms with Crippen LogP contribution in [0.5, 0.6) is 5.75 Å². The van der Waals surface area contributed by atoms with E-state index in [9.17, 15) is 9.90 Å². The number of carbonyl (C=O) groups is 1. The number of hydrogen-bond acceptors (Lipinski definition) is 5. The lowest BCUT2D eigenvalue weighted by Gasteiger charge is -2.13. The third-order valence-corrected chi connectivity index (χ3v) is 4.46. The summed E-state index contributed by atoms with van der Waals surface area (Å²) in [6.07, 6.45) is -0.650. The molecule has 0 amide bonds. The van der Waals surface area contributed by atoms with Gasteiger partial charge in [-0.1, -0.05) is 23.7 Å². The van der Waals surface area contributed by atoms with Crippen molar-refractivity contribution in [3.05, 3.63) is 64.4 Å². The third-order valence-electron chi connectivity index (χ3n) is 4.22. The Labute approximate surface area is 161 Å². The Balaban J connectivity index is 1.50. The van der Waals surface area contributed by atoms with Crippen LogP contribution >= 0.6 is 11.6 Å². The molecular weight excluding hydrogens is 370 g/mol. The van der Waals surface area contributed by atoms with Gasteiger partial charge >= 0.3 is 5.97 Å². The van der Waals surface area contributed by atoms with Gasteiger partial charge in [0.2, 0.25) is 5.76 Å². The number of fused-ring (bicyclic) bond motifs is 1. The Hall–Kier alpha value is -2.54. The predicted molar refractivity (Wildman–Crippen MR) is 103 cm³/mol. The number of halogens is 1. The van der Waals surface area contributed by atoms with Gasteiger partial charge < -0.3 is 24.7 Å². The van der Waals surface area contributed by atoms with Crippen molar-refractivity contribution in [2.24, 2.45) is 0 Å². The van der Waals surface area contributed by atoms with Crippen LogP contribution < -0.4 is 10.1 Å². The van der Waals surface area contributed by atoms with E-state index in [4.69, 9.17) is 25.9 Å². The Bertz CT molecular complexity index is 953. The summed E-state index contributed by atoms with van der Waals surface area (Å²) in [7, 11) is 0. The SMILES string of the molecule is Cc1c(C(=O)O)oc2ccc(OCCNC[C@H](O)c3cccc(Cl)c3)cc12. The topological polar surface area (TPSA) is 91.9 Å². The normalized spacial score (nSPS) is 12.3.